The van der Waals surface area contributed by atoms with Gasteiger partial charge < -0.3 is 25.4 Å². The number of para-hydroxylation sites is 1. The van der Waals surface area contributed by atoms with E-state index in [1.807, 2.05) is 24.3 Å². The molecule has 0 aromatic heterocycles. The Morgan fingerprint density at radius 1 is 0.875 bits per heavy atom. The summed E-state index contributed by atoms with van der Waals surface area (Å²) in [5, 5.41) is 21.0. The molecule has 7 nitrogen and oxygen atoms in total. The first-order valence-electron chi connectivity index (χ1n) is 13.3. The van der Waals surface area contributed by atoms with Crippen molar-refractivity contribution in [1.29, 1.82) is 0 Å². The minimum Gasteiger partial charge on any atom is -0.504 e. The maximum absolute atomic E-state index is 11.3. The van der Waals surface area contributed by atoms with Gasteiger partial charge in [-0.2, -0.15) is 0 Å². The molecule has 0 aliphatic carbocycles. The zero-order valence-corrected chi connectivity index (χ0v) is 22.7. The monoisotopic (exact) mass is 540 g/mol. The number of benzene rings is 4. The second-order valence-corrected chi connectivity index (χ2v) is 9.72. The van der Waals surface area contributed by atoms with Gasteiger partial charge in [-0.15, -0.1) is 0 Å². The van der Waals surface area contributed by atoms with Gasteiger partial charge in [0.25, 0.3) is 0 Å². The highest BCUT2D eigenvalue weighted by atomic mass is 16.5. The number of rotatable bonds is 14. The third kappa shape index (κ3) is 7.77. The van der Waals surface area contributed by atoms with Crippen LogP contribution in [-0.4, -0.2) is 47.8 Å². The van der Waals surface area contributed by atoms with E-state index in [0.717, 1.165) is 5.56 Å². The average Bonchev–Trinajstić information content (AvgIpc) is 2.97. The fraction of sp³-hybridized carbons (Fsp3) is 0.242. The lowest BCUT2D eigenvalue weighted by molar-refractivity contribution is -0.117. The Labute approximate surface area is 235 Å². The van der Waals surface area contributed by atoms with Crippen molar-refractivity contribution in [3.8, 4) is 23.0 Å². The Hall–Kier alpha value is -4.49. The van der Waals surface area contributed by atoms with Crippen molar-refractivity contribution in [1.82, 2.24) is 4.90 Å². The molecular formula is C33H36N2O5. The van der Waals surface area contributed by atoms with Crippen LogP contribution >= 0.6 is 0 Å². The van der Waals surface area contributed by atoms with Gasteiger partial charge in [0.05, 0.1) is 20.1 Å². The van der Waals surface area contributed by atoms with Crippen LogP contribution in [0.3, 0.4) is 0 Å². The zero-order valence-electron chi connectivity index (χ0n) is 22.7. The molecule has 4 rings (SSSR count). The molecule has 0 saturated carbocycles. The van der Waals surface area contributed by atoms with Crippen LogP contribution in [0.2, 0.25) is 0 Å². The van der Waals surface area contributed by atoms with Crippen molar-refractivity contribution in [2.45, 2.75) is 25.3 Å². The van der Waals surface area contributed by atoms with Crippen LogP contribution in [0.1, 0.15) is 34.6 Å². The lowest BCUT2D eigenvalue weighted by Gasteiger charge is -2.29. The van der Waals surface area contributed by atoms with Crippen LogP contribution in [0.25, 0.3) is 0 Å². The van der Waals surface area contributed by atoms with Crippen LogP contribution in [-0.2, 0) is 17.8 Å². The molecule has 1 amide bonds. The number of nitrogens with zero attached hydrogens (tertiary/aromatic N) is 1. The Morgan fingerprint density at radius 2 is 1.55 bits per heavy atom. The summed E-state index contributed by atoms with van der Waals surface area (Å²) in [6, 6.07) is 31.1. The smallest absolute Gasteiger partial charge is 0.221 e. The molecule has 0 radical (unpaired) electrons. The number of carbonyl (C=O) groups is 1. The van der Waals surface area contributed by atoms with Gasteiger partial charge in [-0.1, -0.05) is 78.9 Å². The quantitative estimate of drug-likeness (QED) is 0.189. The minimum absolute atomic E-state index is 0.0135. The van der Waals surface area contributed by atoms with Gasteiger partial charge in [-0.25, -0.2) is 0 Å². The molecule has 0 spiro atoms. The number of hydrogen-bond donors (Lipinski definition) is 3. The summed E-state index contributed by atoms with van der Waals surface area (Å²) in [5.74, 6) is 0.583. The highest BCUT2D eigenvalue weighted by Crippen LogP contribution is 2.32. The fourth-order valence-corrected chi connectivity index (χ4v) is 4.82. The van der Waals surface area contributed by atoms with Crippen molar-refractivity contribution in [2.75, 3.05) is 26.8 Å². The maximum Gasteiger partial charge on any atom is 0.221 e. The molecule has 0 saturated heterocycles. The number of aromatic hydroxyl groups is 2. The molecule has 208 valence electrons. The molecular weight excluding hydrogens is 504 g/mol. The third-order valence-corrected chi connectivity index (χ3v) is 6.82. The van der Waals surface area contributed by atoms with Gasteiger partial charge in [0.1, 0.15) is 0 Å². The van der Waals surface area contributed by atoms with E-state index in [0.29, 0.717) is 49.7 Å². The van der Waals surface area contributed by atoms with Crippen molar-refractivity contribution >= 4 is 5.91 Å². The normalized spacial score (nSPS) is 11.1. The van der Waals surface area contributed by atoms with Gasteiger partial charge in [0.15, 0.2) is 23.0 Å². The maximum atomic E-state index is 11.3. The van der Waals surface area contributed by atoms with Gasteiger partial charge >= 0.3 is 0 Å². The second-order valence-electron chi connectivity index (χ2n) is 9.72. The standard InChI is InChI=1S/C33H36N2O5/c1-39-30-15-8-14-27(33(30)38)22-35(18-9-19-40-31-20-24(21-32(34)37)16-17-29(31)36)23-28(25-10-4-2-5-11-25)26-12-6-3-7-13-26/h2-8,10-17,20,28,36,38H,9,18-19,21-23H2,1H3,(H2,34,37). The third-order valence-electron chi connectivity index (χ3n) is 6.82. The predicted octanol–water partition coefficient (Wildman–Crippen LogP) is 5.24. The van der Waals surface area contributed by atoms with Crippen molar-refractivity contribution < 1.29 is 24.5 Å². The molecule has 0 heterocycles. The lowest BCUT2D eigenvalue weighted by Crippen LogP contribution is -2.31. The molecule has 4 aromatic rings. The number of carbonyl (C=O) groups excluding carboxylic acids is 1. The van der Waals surface area contributed by atoms with Crippen LogP contribution in [0.5, 0.6) is 23.0 Å². The fourth-order valence-electron chi connectivity index (χ4n) is 4.82. The SMILES string of the molecule is COc1cccc(CN(CCCOc2cc(CC(N)=O)ccc2O)CC(c2ccccc2)c2ccccc2)c1O. The summed E-state index contributed by atoms with van der Waals surface area (Å²) in [6.45, 7) is 2.26. The molecule has 7 heteroatoms. The molecule has 0 aliphatic heterocycles. The second kappa shape index (κ2) is 14.1. The number of methoxy groups -OCH3 is 1. The summed E-state index contributed by atoms with van der Waals surface area (Å²) in [4.78, 5) is 13.6. The van der Waals surface area contributed by atoms with E-state index < -0.39 is 5.91 Å². The molecule has 0 aliphatic rings. The van der Waals surface area contributed by atoms with E-state index in [9.17, 15) is 15.0 Å². The zero-order chi connectivity index (χ0) is 28.3. The summed E-state index contributed by atoms with van der Waals surface area (Å²) in [7, 11) is 1.54. The summed E-state index contributed by atoms with van der Waals surface area (Å²) < 4.78 is 11.2. The van der Waals surface area contributed by atoms with Crippen molar-refractivity contribution in [3.05, 3.63) is 119 Å². The van der Waals surface area contributed by atoms with Crippen LogP contribution in [0.15, 0.2) is 97.1 Å². The van der Waals surface area contributed by atoms with Gasteiger partial charge in [-0.3, -0.25) is 9.69 Å². The first-order chi connectivity index (χ1) is 19.4. The van der Waals surface area contributed by atoms with Crippen molar-refractivity contribution in [2.24, 2.45) is 5.73 Å². The van der Waals surface area contributed by atoms with Gasteiger partial charge in [0, 0.05) is 31.1 Å². The van der Waals surface area contributed by atoms with E-state index >= 15 is 0 Å². The van der Waals surface area contributed by atoms with E-state index in [2.05, 4.69) is 53.4 Å². The molecule has 40 heavy (non-hydrogen) atoms. The number of nitrogens with two attached hydrogens (primary N) is 1. The first kappa shape index (κ1) is 28.5. The Morgan fingerprint density at radius 3 is 2.17 bits per heavy atom. The van der Waals surface area contributed by atoms with E-state index in [4.69, 9.17) is 15.2 Å². The molecule has 0 atom stereocenters. The summed E-state index contributed by atoms with van der Waals surface area (Å²) >= 11 is 0. The van der Waals surface area contributed by atoms with Crippen LogP contribution < -0.4 is 15.2 Å². The molecule has 0 bridgehead atoms. The van der Waals surface area contributed by atoms with Crippen molar-refractivity contribution in [3.63, 3.8) is 0 Å². The lowest BCUT2D eigenvalue weighted by atomic mass is 9.90. The van der Waals surface area contributed by atoms with Crippen LogP contribution in [0, 0.1) is 0 Å². The van der Waals surface area contributed by atoms with E-state index in [1.165, 1.54) is 17.2 Å². The highest BCUT2D eigenvalue weighted by molar-refractivity contribution is 5.76. The Kier molecular flexibility index (Phi) is 10.0. The Bertz CT molecular complexity index is 1340. The van der Waals surface area contributed by atoms with E-state index in [-0.39, 0.29) is 23.8 Å². The molecule has 0 fully saturated rings. The number of phenolic OH excluding ortho intramolecular Hbond substituents is 2. The summed E-state index contributed by atoms with van der Waals surface area (Å²) in [5.41, 5.74) is 9.19. The van der Waals surface area contributed by atoms with Gasteiger partial charge in [0.2, 0.25) is 5.91 Å². The van der Waals surface area contributed by atoms with Crippen LogP contribution in [0.4, 0.5) is 0 Å². The minimum atomic E-state index is -0.445. The van der Waals surface area contributed by atoms with Gasteiger partial charge in [-0.05, 0) is 41.3 Å². The van der Waals surface area contributed by atoms with E-state index in [1.54, 1.807) is 25.3 Å². The number of primary amides is 1. The summed E-state index contributed by atoms with van der Waals surface area (Å²) in [6.07, 6.45) is 0.745. The molecule has 4 N–H and O–H groups in total. The first-order valence-corrected chi connectivity index (χ1v) is 13.3. The number of hydrogen-bond acceptors (Lipinski definition) is 6. The average molecular weight is 541 g/mol. The Balaban J connectivity index is 1.52. The molecule has 0 unspecified atom stereocenters. The number of amides is 1. The molecule has 4 aromatic carbocycles. The number of phenols is 2. The predicted molar refractivity (Wildman–Crippen MR) is 156 cm³/mol. The number of ether oxygens (including phenoxy) is 2. The highest BCUT2D eigenvalue weighted by Gasteiger charge is 2.20. The topological polar surface area (TPSA) is 105 Å². The largest absolute Gasteiger partial charge is 0.504 e.